The van der Waals surface area contributed by atoms with Gasteiger partial charge in [0.05, 0.1) is 6.04 Å². The van der Waals surface area contributed by atoms with Gasteiger partial charge in [0, 0.05) is 30.1 Å². The van der Waals surface area contributed by atoms with E-state index < -0.39 is 0 Å². The van der Waals surface area contributed by atoms with Gasteiger partial charge in [0.1, 0.15) is 5.82 Å². The normalized spacial score (nSPS) is 16.0. The van der Waals surface area contributed by atoms with E-state index in [9.17, 15) is 4.79 Å². The molecule has 1 aliphatic heterocycles. The Morgan fingerprint density at radius 1 is 0.967 bits per heavy atom. The minimum Gasteiger partial charge on any atom is -0.328 e. The molecule has 0 bridgehead atoms. The number of hydrogen-bond acceptors (Lipinski definition) is 4. The van der Waals surface area contributed by atoms with E-state index in [0.717, 1.165) is 35.4 Å². The zero-order chi connectivity index (χ0) is 20.3. The molecule has 0 saturated carbocycles. The van der Waals surface area contributed by atoms with Crippen molar-refractivity contribution >= 4 is 5.91 Å². The molecule has 1 saturated heterocycles. The molecule has 0 unspecified atom stereocenters. The molecule has 0 aliphatic carbocycles. The molecule has 30 heavy (non-hydrogen) atoms. The van der Waals surface area contributed by atoms with Gasteiger partial charge in [-0.05, 0) is 42.2 Å². The molecule has 2 aromatic carbocycles. The van der Waals surface area contributed by atoms with Gasteiger partial charge in [-0.25, -0.2) is 4.98 Å². The van der Waals surface area contributed by atoms with Crippen molar-refractivity contribution in [2.45, 2.75) is 18.9 Å². The van der Waals surface area contributed by atoms with E-state index in [2.05, 4.69) is 20.2 Å². The highest BCUT2D eigenvalue weighted by Crippen LogP contribution is 2.34. The number of amides is 1. The molecule has 3 heterocycles. The van der Waals surface area contributed by atoms with Crippen LogP contribution in [0.3, 0.4) is 0 Å². The van der Waals surface area contributed by atoms with Gasteiger partial charge in [-0.15, -0.1) is 0 Å². The van der Waals surface area contributed by atoms with Crippen molar-refractivity contribution in [3.63, 3.8) is 0 Å². The van der Waals surface area contributed by atoms with Crippen LogP contribution < -0.4 is 0 Å². The standard InChI is InChI=1S/C24H21N5O/c30-24(20-12-5-4-11-19(20)17-8-2-1-3-9-17)29-15-7-13-21(29)23-26-22(27-28-23)18-10-6-14-25-16-18/h1-6,8-12,14,16,21H,7,13,15H2,(H,26,27,28)/t21-/m0/s1. The molecule has 5 rings (SSSR count). The number of benzene rings is 2. The van der Waals surface area contributed by atoms with Crippen molar-refractivity contribution in [2.75, 3.05) is 6.54 Å². The zero-order valence-corrected chi connectivity index (χ0v) is 16.4. The lowest BCUT2D eigenvalue weighted by atomic mass is 9.98. The van der Waals surface area contributed by atoms with Crippen LogP contribution in [0.5, 0.6) is 0 Å². The molecule has 6 heteroatoms. The first-order valence-corrected chi connectivity index (χ1v) is 10.1. The fourth-order valence-corrected chi connectivity index (χ4v) is 4.04. The van der Waals surface area contributed by atoms with E-state index in [1.165, 1.54) is 0 Å². The molecule has 1 N–H and O–H groups in total. The highest BCUT2D eigenvalue weighted by atomic mass is 16.2. The molecule has 0 radical (unpaired) electrons. The summed E-state index contributed by atoms with van der Waals surface area (Å²) in [5, 5.41) is 7.39. The number of rotatable bonds is 4. The van der Waals surface area contributed by atoms with E-state index >= 15 is 0 Å². The van der Waals surface area contributed by atoms with Crippen molar-refractivity contribution in [1.82, 2.24) is 25.1 Å². The lowest BCUT2D eigenvalue weighted by Crippen LogP contribution is -2.31. The average Bonchev–Trinajstić information content (AvgIpc) is 3.49. The summed E-state index contributed by atoms with van der Waals surface area (Å²) in [4.78, 5) is 24.3. The molecule has 148 valence electrons. The highest BCUT2D eigenvalue weighted by molar-refractivity contribution is 6.01. The topological polar surface area (TPSA) is 74.8 Å². The lowest BCUT2D eigenvalue weighted by Gasteiger charge is -2.24. The summed E-state index contributed by atoms with van der Waals surface area (Å²) in [6.07, 6.45) is 5.26. The Kier molecular flexibility index (Phi) is 4.81. The quantitative estimate of drug-likeness (QED) is 0.552. The Labute approximate surface area is 174 Å². The van der Waals surface area contributed by atoms with Crippen LogP contribution >= 0.6 is 0 Å². The van der Waals surface area contributed by atoms with Crippen LogP contribution in [-0.4, -0.2) is 37.5 Å². The van der Waals surface area contributed by atoms with E-state index in [1.54, 1.807) is 12.4 Å². The predicted molar refractivity (Wildman–Crippen MR) is 115 cm³/mol. The van der Waals surface area contributed by atoms with Gasteiger partial charge >= 0.3 is 0 Å². The van der Waals surface area contributed by atoms with Gasteiger partial charge in [-0.1, -0.05) is 48.5 Å². The molecular weight excluding hydrogens is 374 g/mol. The third-order valence-corrected chi connectivity index (χ3v) is 5.49. The van der Waals surface area contributed by atoms with Crippen molar-refractivity contribution in [3.05, 3.63) is 90.5 Å². The number of pyridine rings is 1. The molecule has 4 aromatic rings. The van der Waals surface area contributed by atoms with Crippen molar-refractivity contribution in [1.29, 1.82) is 0 Å². The first-order chi connectivity index (χ1) is 14.8. The van der Waals surface area contributed by atoms with Crippen LogP contribution in [0.4, 0.5) is 0 Å². The fourth-order valence-electron chi connectivity index (χ4n) is 4.04. The third kappa shape index (κ3) is 3.37. The number of aromatic nitrogens is 4. The maximum Gasteiger partial charge on any atom is 0.255 e. The van der Waals surface area contributed by atoms with Gasteiger partial charge in [0.2, 0.25) is 0 Å². The Morgan fingerprint density at radius 3 is 2.60 bits per heavy atom. The minimum absolute atomic E-state index is 0.0243. The van der Waals surface area contributed by atoms with Gasteiger partial charge in [0.15, 0.2) is 5.82 Å². The largest absolute Gasteiger partial charge is 0.328 e. The lowest BCUT2D eigenvalue weighted by molar-refractivity contribution is 0.0731. The van der Waals surface area contributed by atoms with E-state index in [-0.39, 0.29) is 11.9 Å². The number of nitrogens with one attached hydrogen (secondary N) is 1. The first-order valence-electron chi connectivity index (χ1n) is 10.1. The molecule has 1 aliphatic rings. The number of carbonyl (C=O) groups excluding carboxylic acids is 1. The molecule has 2 aromatic heterocycles. The van der Waals surface area contributed by atoms with Crippen LogP contribution in [0, 0.1) is 0 Å². The number of aromatic amines is 1. The van der Waals surface area contributed by atoms with Gasteiger partial charge < -0.3 is 4.90 Å². The third-order valence-electron chi connectivity index (χ3n) is 5.49. The summed E-state index contributed by atoms with van der Waals surface area (Å²) in [6, 6.07) is 21.5. The van der Waals surface area contributed by atoms with E-state index in [4.69, 9.17) is 0 Å². The number of H-pyrrole nitrogens is 1. The van der Waals surface area contributed by atoms with Gasteiger partial charge in [-0.3, -0.25) is 14.9 Å². The van der Waals surface area contributed by atoms with Crippen LogP contribution in [0.25, 0.3) is 22.5 Å². The SMILES string of the molecule is O=C(c1ccccc1-c1ccccc1)N1CCC[C@H]1c1nc(-c2cccnc2)n[nH]1. The number of carbonyl (C=O) groups is 1. The van der Waals surface area contributed by atoms with Gasteiger partial charge in [0.25, 0.3) is 5.91 Å². The second-order valence-electron chi connectivity index (χ2n) is 7.35. The van der Waals surface area contributed by atoms with Crippen molar-refractivity contribution < 1.29 is 4.79 Å². The Bertz CT molecular complexity index is 1160. The Morgan fingerprint density at radius 2 is 1.77 bits per heavy atom. The molecule has 1 fully saturated rings. The number of hydrogen-bond donors (Lipinski definition) is 1. The summed E-state index contributed by atoms with van der Waals surface area (Å²) < 4.78 is 0. The van der Waals surface area contributed by atoms with E-state index in [0.29, 0.717) is 17.9 Å². The van der Waals surface area contributed by atoms with Crippen LogP contribution in [0.2, 0.25) is 0 Å². The number of nitrogens with zero attached hydrogens (tertiary/aromatic N) is 4. The molecule has 1 amide bonds. The molecule has 6 nitrogen and oxygen atoms in total. The maximum atomic E-state index is 13.6. The summed E-state index contributed by atoms with van der Waals surface area (Å²) in [6.45, 7) is 0.704. The molecule has 0 spiro atoms. The van der Waals surface area contributed by atoms with Crippen molar-refractivity contribution in [2.24, 2.45) is 0 Å². The summed E-state index contributed by atoms with van der Waals surface area (Å²) in [5.74, 6) is 1.34. The molecule has 1 atom stereocenters. The Hall–Kier alpha value is -3.80. The summed E-state index contributed by atoms with van der Waals surface area (Å²) >= 11 is 0. The minimum atomic E-state index is -0.112. The van der Waals surface area contributed by atoms with Crippen LogP contribution in [-0.2, 0) is 0 Å². The van der Waals surface area contributed by atoms with E-state index in [1.807, 2.05) is 71.6 Å². The monoisotopic (exact) mass is 395 g/mol. The highest BCUT2D eigenvalue weighted by Gasteiger charge is 2.33. The van der Waals surface area contributed by atoms with Crippen LogP contribution in [0.15, 0.2) is 79.1 Å². The summed E-state index contributed by atoms with van der Waals surface area (Å²) in [5.41, 5.74) is 3.55. The second-order valence-corrected chi connectivity index (χ2v) is 7.35. The Balaban J connectivity index is 1.45. The first kappa shape index (κ1) is 18.2. The van der Waals surface area contributed by atoms with Gasteiger partial charge in [-0.2, -0.15) is 5.10 Å². The average molecular weight is 395 g/mol. The zero-order valence-electron chi connectivity index (χ0n) is 16.4. The van der Waals surface area contributed by atoms with Crippen molar-refractivity contribution in [3.8, 4) is 22.5 Å². The predicted octanol–water partition coefficient (Wildman–Crippen LogP) is 4.51. The smallest absolute Gasteiger partial charge is 0.255 e. The maximum absolute atomic E-state index is 13.6. The summed E-state index contributed by atoms with van der Waals surface area (Å²) in [7, 11) is 0. The second kappa shape index (κ2) is 7.91. The fraction of sp³-hybridized carbons (Fsp3) is 0.167. The molecular formula is C24H21N5O. The van der Waals surface area contributed by atoms with Crippen LogP contribution in [0.1, 0.15) is 35.1 Å². The number of likely N-dealkylation sites (tertiary alicyclic amines) is 1.